The Bertz CT molecular complexity index is 460. The van der Waals surface area contributed by atoms with Crippen molar-refractivity contribution >= 4 is 23.3 Å². The topological polar surface area (TPSA) is 80.4 Å². The number of hydrogen-bond donors (Lipinski definition) is 1. The molecule has 0 saturated heterocycles. The van der Waals surface area contributed by atoms with Gasteiger partial charge in [0.05, 0.1) is 4.92 Å². The standard InChI is InChI=1S/C7HClF3NO4/c8-2-3(9)1(7(13)14)6(12(15)16)5(11)4(2)10/h(H,13,14). The Kier molecular flexibility index (Phi) is 3.04. The molecule has 0 spiro atoms. The first-order chi connectivity index (χ1) is 7.29. The highest BCUT2D eigenvalue weighted by Crippen LogP contribution is 2.33. The summed E-state index contributed by atoms with van der Waals surface area (Å²) in [4.78, 5) is 19.2. The maximum absolute atomic E-state index is 13.1. The average Bonchev–Trinajstić information content (AvgIpc) is 2.18. The number of rotatable bonds is 2. The Morgan fingerprint density at radius 2 is 1.75 bits per heavy atom. The summed E-state index contributed by atoms with van der Waals surface area (Å²) in [7, 11) is 0. The summed E-state index contributed by atoms with van der Waals surface area (Å²) in [6.07, 6.45) is 0. The summed E-state index contributed by atoms with van der Waals surface area (Å²) in [5, 5.41) is 17.3. The second-order valence-electron chi connectivity index (χ2n) is 2.54. The van der Waals surface area contributed by atoms with E-state index in [2.05, 4.69) is 0 Å². The van der Waals surface area contributed by atoms with E-state index in [4.69, 9.17) is 16.7 Å². The molecular weight excluding hydrogens is 255 g/mol. The number of benzene rings is 1. The quantitative estimate of drug-likeness (QED) is 0.381. The zero-order chi connectivity index (χ0) is 12.6. The van der Waals surface area contributed by atoms with Gasteiger partial charge in [0.15, 0.2) is 17.2 Å². The number of nitro benzene ring substituents is 1. The highest BCUT2D eigenvalue weighted by molar-refractivity contribution is 6.31. The van der Waals surface area contributed by atoms with Crippen molar-refractivity contribution < 1.29 is 28.0 Å². The van der Waals surface area contributed by atoms with Gasteiger partial charge in [0.1, 0.15) is 5.02 Å². The van der Waals surface area contributed by atoms with Crippen LogP contribution < -0.4 is 0 Å². The van der Waals surface area contributed by atoms with Crippen LogP contribution in [0, 0.1) is 27.6 Å². The zero-order valence-corrected chi connectivity index (χ0v) is 7.89. The van der Waals surface area contributed by atoms with Gasteiger partial charge in [-0.15, -0.1) is 0 Å². The first-order valence-electron chi connectivity index (χ1n) is 3.52. The number of aromatic carboxylic acids is 1. The van der Waals surface area contributed by atoms with Gasteiger partial charge in [-0.1, -0.05) is 11.6 Å². The predicted octanol–water partition coefficient (Wildman–Crippen LogP) is 2.36. The van der Waals surface area contributed by atoms with E-state index in [1.807, 2.05) is 0 Å². The van der Waals surface area contributed by atoms with Crippen molar-refractivity contribution in [2.24, 2.45) is 0 Å². The fourth-order valence-electron chi connectivity index (χ4n) is 0.987. The van der Waals surface area contributed by atoms with Gasteiger partial charge in [-0.2, -0.15) is 4.39 Å². The smallest absolute Gasteiger partial charge is 0.345 e. The predicted molar refractivity (Wildman–Crippen MR) is 44.9 cm³/mol. The summed E-state index contributed by atoms with van der Waals surface area (Å²) in [6.45, 7) is 0. The summed E-state index contributed by atoms with van der Waals surface area (Å²) in [5.74, 6) is -8.13. The van der Waals surface area contributed by atoms with Gasteiger partial charge in [0, 0.05) is 0 Å². The Hall–Kier alpha value is -1.83. The lowest BCUT2D eigenvalue weighted by molar-refractivity contribution is -0.388. The molecule has 0 aliphatic carbocycles. The molecule has 0 radical (unpaired) electrons. The lowest BCUT2D eigenvalue weighted by Crippen LogP contribution is -2.10. The van der Waals surface area contributed by atoms with E-state index < -0.39 is 44.6 Å². The van der Waals surface area contributed by atoms with Gasteiger partial charge in [0.25, 0.3) is 0 Å². The first kappa shape index (κ1) is 12.2. The van der Waals surface area contributed by atoms with Crippen LogP contribution in [0.1, 0.15) is 10.4 Å². The van der Waals surface area contributed by atoms with Crippen LogP contribution in [-0.4, -0.2) is 16.0 Å². The SMILES string of the molecule is O=C(O)c1c(F)c(Cl)c(F)c(F)c1[N+](=O)[O-]. The number of carboxylic acid groups (broad SMARTS) is 1. The summed E-state index contributed by atoms with van der Waals surface area (Å²) < 4.78 is 38.9. The van der Waals surface area contributed by atoms with Crippen LogP contribution in [0.25, 0.3) is 0 Å². The number of hydrogen-bond acceptors (Lipinski definition) is 3. The molecule has 1 aromatic rings. The molecule has 0 aliphatic rings. The van der Waals surface area contributed by atoms with Crippen LogP contribution in [-0.2, 0) is 0 Å². The van der Waals surface area contributed by atoms with Crippen LogP contribution in [0.5, 0.6) is 0 Å². The molecule has 0 amide bonds. The van der Waals surface area contributed by atoms with Crippen molar-refractivity contribution in [3.8, 4) is 0 Å². The van der Waals surface area contributed by atoms with Gasteiger partial charge in [-0.25, -0.2) is 13.6 Å². The summed E-state index contributed by atoms with van der Waals surface area (Å²) >= 11 is 4.93. The molecule has 86 valence electrons. The molecule has 5 nitrogen and oxygen atoms in total. The molecule has 1 aromatic carbocycles. The highest BCUT2D eigenvalue weighted by Gasteiger charge is 2.35. The minimum Gasteiger partial charge on any atom is -0.477 e. The second-order valence-corrected chi connectivity index (χ2v) is 2.92. The molecule has 0 fully saturated rings. The first-order valence-corrected chi connectivity index (χ1v) is 3.90. The molecular formula is C7HClF3NO4. The Balaban J connectivity index is 3.83. The van der Waals surface area contributed by atoms with Crippen molar-refractivity contribution in [2.75, 3.05) is 0 Å². The minimum atomic E-state index is -2.12. The van der Waals surface area contributed by atoms with Gasteiger partial charge in [-0.3, -0.25) is 10.1 Å². The normalized spacial score (nSPS) is 10.2. The molecule has 0 saturated carbocycles. The van der Waals surface area contributed by atoms with Crippen molar-refractivity contribution in [2.45, 2.75) is 0 Å². The van der Waals surface area contributed by atoms with Gasteiger partial charge in [0.2, 0.25) is 5.82 Å². The van der Waals surface area contributed by atoms with E-state index in [-0.39, 0.29) is 0 Å². The Labute approximate surface area is 90.2 Å². The van der Waals surface area contributed by atoms with Gasteiger partial charge >= 0.3 is 11.7 Å². The Morgan fingerprint density at radius 3 is 2.12 bits per heavy atom. The van der Waals surface area contributed by atoms with Crippen LogP contribution in [0.15, 0.2) is 0 Å². The van der Waals surface area contributed by atoms with E-state index in [1.165, 1.54) is 0 Å². The second kappa shape index (κ2) is 3.97. The van der Waals surface area contributed by atoms with E-state index in [1.54, 1.807) is 0 Å². The lowest BCUT2D eigenvalue weighted by Gasteiger charge is -2.04. The number of nitro groups is 1. The van der Waals surface area contributed by atoms with Gasteiger partial charge in [-0.05, 0) is 0 Å². The molecule has 0 atom stereocenters. The van der Waals surface area contributed by atoms with Crippen LogP contribution in [0.4, 0.5) is 18.9 Å². The van der Waals surface area contributed by atoms with Crippen molar-refractivity contribution in [1.29, 1.82) is 0 Å². The lowest BCUT2D eigenvalue weighted by atomic mass is 10.1. The third-order valence-electron chi connectivity index (χ3n) is 1.64. The molecule has 0 heterocycles. The molecule has 16 heavy (non-hydrogen) atoms. The summed E-state index contributed by atoms with van der Waals surface area (Å²) in [5.41, 5.74) is -3.42. The van der Waals surface area contributed by atoms with Crippen LogP contribution in [0.3, 0.4) is 0 Å². The Morgan fingerprint density at radius 1 is 1.25 bits per heavy atom. The zero-order valence-electron chi connectivity index (χ0n) is 7.13. The van der Waals surface area contributed by atoms with E-state index in [0.717, 1.165) is 0 Å². The number of nitrogens with zero attached hydrogens (tertiary/aromatic N) is 1. The maximum atomic E-state index is 13.1. The molecule has 1 rings (SSSR count). The van der Waals surface area contributed by atoms with E-state index >= 15 is 0 Å². The van der Waals surface area contributed by atoms with Gasteiger partial charge < -0.3 is 5.11 Å². The molecule has 0 aliphatic heterocycles. The monoisotopic (exact) mass is 255 g/mol. The van der Waals surface area contributed by atoms with E-state index in [0.29, 0.717) is 0 Å². The molecule has 9 heteroatoms. The third-order valence-corrected chi connectivity index (χ3v) is 1.97. The molecule has 0 bridgehead atoms. The maximum Gasteiger partial charge on any atom is 0.345 e. The molecule has 1 N–H and O–H groups in total. The minimum absolute atomic E-state index is 1.44. The van der Waals surface area contributed by atoms with Crippen molar-refractivity contribution in [1.82, 2.24) is 0 Å². The van der Waals surface area contributed by atoms with Crippen LogP contribution >= 0.6 is 11.6 Å². The number of carboxylic acids is 1. The number of halogens is 4. The van der Waals surface area contributed by atoms with Crippen molar-refractivity contribution in [3.63, 3.8) is 0 Å². The molecule has 0 aromatic heterocycles. The summed E-state index contributed by atoms with van der Waals surface area (Å²) in [6, 6.07) is 0. The average molecular weight is 256 g/mol. The largest absolute Gasteiger partial charge is 0.477 e. The highest BCUT2D eigenvalue weighted by atomic mass is 35.5. The fourth-order valence-corrected chi connectivity index (χ4v) is 1.16. The number of carbonyl (C=O) groups is 1. The van der Waals surface area contributed by atoms with Crippen molar-refractivity contribution in [3.05, 3.63) is 38.2 Å². The van der Waals surface area contributed by atoms with E-state index in [9.17, 15) is 28.1 Å². The third kappa shape index (κ3) is 1.67. The fraction of sp³-hybridized carbons (Fsp3) is 0. The molecule has 0 unspecified atom stereocenters. The van der Waals surface area contributed by atoms with Crippen LogP contribution in [0.2, 0.25) is 5.02 Å².